The first-order valence-corrected chi connectivity index (χ1v) is 7.96. The molecule has 21 heavy (non-hydrogen) atoms. The maximum absolute atomic E-state index is 11.9. The van der Waals surface area contributed by atoms with Gasteiger partial charge in [0.15, 0.2) is 0 Å². The van der Waals surface area contributed by atoms with Crippen molar-refractivity contribution < 1.29 is 9.90 Å². The molecule has 1 aromatic carbocycles. The zero-order valence-electron chi connectivity index (χ0n) is 12.4. The number of β-amino-alcohol motifs (C(OH)–C–C–N with tert-alkyl or cyclic N) is 1. The Bertz CT molecular complexity index is 473. The smallest absolute Gasteiger partial charge is 0.223 e. The Labute approximate surface area is 126 Å². The number of aliphatic hydroxyl groups excluding tert-OH is 1. The topological polar surface area (TPSA) is 52.6 Å². The van der Waals surface area contributed by atoms with Gasteiger partial charge in [0.2, 0.25) is 5.91 Å². The minimum atomic E-state index is -0.278. The van der Waals surface area contributed by atoms with Crippen molar-refractivity contribution >= 4 is 5.91 Å². The van der Waals surface area contributed by atoms with Gasteiger partial charge in [-0.25, -0.2) is 0 Å². The Kier molecular flexibility index (Phi) is 4.56. The lowest BCUT2D eigenvalue weighted by molar-refractivity contribution is -0.127. The summed E-state index contributed by atoms with van der Waals surface area (Å²) >= 11 is 0. The lowest BCUT2D eigenvalue weighted by Gasteiger charge is -2.27. The molecule has 3 rings (SSSR count). The number of amides is 1. The molecule has 1 saturated carbocycles. The molecule has 0 bridgehead atoms. The fourth-order valence-electron chi connectivity index (χ4n) is 3.21. The zero-order chi connectivity index (χ0) is 14.7. The van der Waals surface area contributed by atoms with Crippen LogP contribution in [0.4, 0.5) is 0 Å². The third-order valence-corrected chi connectivity index (χ3v) is 4.72. The van der Waals surface area contributed by atoms with Crippen molar-refractivity contribution in [3.05, 3.63) is 35.9 Å². The van der Waals surface area contributed by atoms with E-state index in [-0.39, 0.29) is 24.0 Å². The minimum Gasteiger partial charge on any atom is -0.392 e. The van der Waals surface area contributed by atoms with E-state index in [1.807, 2.05) is 18.2 Å². The van der Waals surface area contributed by atoms with Crippen LogP contribution in [-0.2, 0) is 11.3 Å². The third kappa shape index (κ3) is 3.63. The number of nitrogens with one attached hydrogen (secondary N) is 1. The number of hydrogen-bond acceptors (Lipinski definition) is 3. The SMILES string of the molecule is O=C(NCC1CC(O)CN1Cc1ccccc1)C1CCC1. The number of nitrogens with zero attached hydrogens (tertiary/aromatic N) is 1. The lowest BCUT2D eigenvalue weighted by Crippen LogP contribution is -2.43. The Morgan fingerprint density at radius 2 is 2.05 bits per heavy atom. The van der Waals surface area contributed by atoms with Gasteiger partial charge in [0, 0.05) is 31.6 Å². The van der Waals surface area contributed by atoms with Crippen LogP contribution in [0, 0.1) is 5.92 Å². The number of hydrogen-bond donors (Lipinski definition) is 2. The zero-order valence-corrected chi connectivity index (χ0v) is 12.4. The normalized spacial score (nSPS) is 26.5. The molecule has 1 heterocycles. The summed E-state index contributed by atoms with van der Waals surface area (Å²) in [6.45, 7) is 2.18. The summed E-state index contributed by atoms with van der Waals surface area (Å²) in [6, 6.07) is 10.5. The quantitative estimate of drug-likeness (QED) is 0.864. The molecule has 1 aliphatic carbocycles. The highest BCUT2D eigenvalue weighted by Gasteiger charge is 2.32. The summed E-state index contributed by atoms with van der Waals surface area (Å²) in [5, 5.41) is 13.0. The Morgan fingerprint density at radius 1 is 1.29 bits per heavy atom. The molecule has 0 aromatic heterocycles. The van der Waals surface area contributed by atoms with Crippen LogP contribution in [0.25, 0.3) is 0 Å². The highest BCUT2D eigenvalue weighted by atomic mass is 16.3. The van der Waals surface area contributed by atoms with E-state index in [0.717, 1.165) is 25.8 Å². The van der Waals surface area contributed by atoms with Crippen LogP contribution in [0.2, 0.25) is 0 Å². The molecule has 1 amide bonds. The number of likely N-dealkylation sites (tertiary alicyclic amines) is 1. The second-order valence-electron chi connectivity index (χ2n) is 6.33. The molecule has 2 N–H and O–H groups in total. The van der Waals surface area contributed by atoms with Crippen LogP contribution in [-0.4, -0.2) is 41.1 Å². The second kappa shape index (κ2) is 6.58. The maximum atomic E-state index is 11.9. The molecule has 4 nitrogen and oxygen atoms in total. The average molecular weight is 288 g/mol. The average Bonchev–Trinajstić information content (AvgIpc) is 2.76. The summed E-state index contributed by atoms with van der Waals surface area (Å²) in [5.41, 5.74) is 1.25. The van der Waals surface area contributed by atoms with Crippen molar-refractivity contribution in [3.63, 3.8) is 0 Å². The summed E-state index contributed by atoms with van der Waals surface area (Å²) < 4.78 is 0. The summed E-state index contributed by atoms with van der Waals surface area (Å²) in [7, 11) is 0. The lowest BCUT2D eigenvalue weighted by atomic mass is 9.85. The number of rotatable bonds is 5. The first-order chi connectivity index (χ1) is 10.2. The van der Waals surface area contributed by atoms with Crippen molar-refractivity contribution in [1.82, 2.24) is 10.2 Å². The van der Waals surface area contributed by atoms with Crippen LogP contribution in [0.3, 0.4) is 0 Å². The molecule has 1 aromatic rings. The van der Waals surface area contributed by atoms with Crippen molar-refractivity contribution in [3.8, 4) is 0 Å². The van der Waals surface area contributed by atoms with Gasteiger partial charge in [-0.1, -0.05) is 36.8 Å². The Hall–Kier alpha value is -1.39. The fourth-order valence-corrected chi connectivity index (χ4v) is 3.21. The van der Waals surface area contributed by atoms with E-state index >= 15 is 0 Å². The van der Waals surface area contributed by atoms with Crippen molar-refractivity contribution in [1.29, 1.82) is 0 Å². The summed E-state index contributed by atoms with van der Waals surface area (Å²) in [6.07, 6.45) is 3.72. The highest BCUT2D eigenvalue weighted by molar-refractivity contribution is 5.79. The maximum Gasteiger partial charge on any atom is 0.223 e. The molecule has 0 spiro atoms. The van der Waals surface area contributed by atoms with Crippen molar-refractivity contribution in [2.45, 2.75) is 44.4 Å². The number of aliphatic hydroxyl groups is 1. The largest absolute Gasteiger partial charge is 0.392 e. The highest BCUT2D eigenvalue weighted by Crippen LogP contribution is 2.26. The molecular weight excluding hydrogens is 264 g/mol. The van der Waals surface area contributed by atoms with Gasteiger partial charge in [-0.05, 0) is 24.8 Å². The standard InChI is InChI=1S/C17H24N2O2/c20-16-9-15(10-18-17(21)14-7-4-8-14)19(12-16)11-13-5-2-1-3-6-13/h1-3,5-6,14-16,20H,4,7-12H2,(H,18,21). The van der Waals surface area contributed by atoms with Crippen LogP contribution in [0.15, 0.2) is 30.3 Å². The summed E-state index contributed by atoms with van der Waals surface area (Å²) in [5.74, 6) is 0.432. The second-order valence-corrected chi connectivity index (χ2v) is 6.33. The van der Waals surface area contributed by atoms with E-state index < -0.39 is 0 Å². The van der Waals surface area contributed by atoms with Crippen LogP contribution < -0.4 is 5.32 Å². The van der Waals surface area contributed by atoms with E-state index in [4.69, 9.17) is 0 Å². The van der Waals surface area contributed by atoms with Crippen molar-refractivity contribution in [2.75, 3.05) is 13.1 Å². The molecule has 2 unspecified atom stereocenters. The van der Waals surface area contributed by atoms with Gasteiger partial charge in [-0.2, -0.15) is 0 Å². The summed E-state index contributed by atoms with van der Waals surface area (Å²) in [4.78, 5) is 14.2. The van der Waals surface area contributed by atoms with Crippen LogP contribution >= 0.6 is 0 Å². The van der Waals surface area contributed by atoms with Crippen molar-refractivity contribution in [2.24, 2.45) is 5.92 Å². The van der Waals surface area contributed by atoms with Gasteiger partial charge in [0.25, 0.3) is 0 Å². The minimum absolute atomic E-state index is 0.197. The monoisotopic (exact) mass is 288 g/mol. The number of benzene rings is 1. The molecular formula is C17H24N2O2. The molecule has 1 aliphatic heterocycles. The molecule has 1 saturated heterocycles. The van der Waals surface area contributed by atoms with E-state index in [1.165, 1.54) is 12.0 Å². The van der Waals surface area contributed by atoms with E-state index in [0.29, 0.717) is 13.1 Å². The number of carbonyl (C=O) groups excluding carboxylic acids is 1. The molecule has 4 heteroatoms. The molecule has 2 fully saturated rings. The van der Waals surface area contributed by atoms with Crippen LogP contribution in [0.5, 0.6) is 0 Å². The third-order valence-electron chi connectivity index (χ3n) is 4.72. The molecule has 2 atom stereocenters. The molecule has 2 aliphatic rings. The van der Waals surface area contributed by atoms with Gasteiger partial charge in [0.05, 0.1) is 6.10 Å². The number of carbonyl (C=O) groups is 1. The predicted octanol–water partition coefficient (Wildman–Crippen LogP) is 1.54. The Morgan fingerprint density at radius 3 is 2.71 bits per heavy atom. The van der Waals surface area contributed by atoms with Gasteiger partial charge in [-0.15, -0.1) is 0 Å². The van der Waals surface area contributed by atoms with Gasteiger partial charge in [-0.3, -0.25) is 9.69 Å². The first kappa shape index (κ1) is 14.5. The van der Waals surface area contributed by atoms with Gasteiger partial charge >= 0.3 is 0 Å². The van der Waals surface area contributed by atoms with Crippen LogP contribution in [0.1, 0.15) is 31.2 Å². The fraction of sp³-hybridized carbons (Fsp3) is 0.588. The molecule has 114 valence electrons. The first-order valence-electron chi connectivity index (χ1n) is 7.96. The van der Waals surface area contributed by atoms with Gasteiger partial charge < -0.3 is 10.4 Å². The predicted molar refractivity (Wildman–Crippen MR) is 81.6 cm³/mol. The van der Waals surface area contributed by atoms with Gasteiger partial charge in [0.1, 0.15) is 0 Å². The molecule has 0 radical (unpaired) electrons. The van der Waals surface area contributed by atoms with E-state index in [9.17, 15) is 9.90 Å². The van der Waals surface area contributed by atoms with E-state index in [2.05, 4.69) is 22.3 Å². The van der Waals surface area contributed by atoms with E-state index in [1.54, 1.807) is 0 Å². The Balaban J connectivity index is 1.53.